The minimum Gasteiger partial charge on any atom is -0.384 e. The van der Waals surface area contributed by atoms with Gasteiger partial charge >= 0.3 is 6.18 Å². The number of aryl methyl sites for hydroxylation is 1. The normalized spacial score (nSPS) is 13.0. The first-order valence-electron chi connectivity index (χ1n) is 9.26. The lowest BCUT2D eigenvalue weighted by molar-refractivity contribution is -0.138. The predicted molar refractivity (Wildman–Crippen MR) is 107 cm³/mol. The molecule has 3 aromatic rings. The summed E-state index contributed by atoms with van der Waals surface area (Å²) < 4.78 is 39.6. The Kier molecular flexibility index (Phi) is 5.00. The number of halogens is 3. The minimum atomic E-state index is -4.39. The van der Waals surface area contributed by atoms with Crippen molar-refractivity contribution in [3.63, 3.8) is 0 Å². The number of rotatable bonds is 5. The van der Waals surface area contributed by atoms with Gasteiger partial charge in [0.2, 0.25) is 5.95 Å². The van der Waals surface area contributed by atoms with Gasteiger partial charge in [-0.1, -0.05) is 18.2 Å². The molecule has 150 valence electrons. The number of hydrogen-bond acceptors (Lipinski definition) is 5. The lowest BCUT2D eigenvalue weighted by Gasteiger charge is -2.15. The van der Waals surface area contributed by atoms with Gasteiger partial charge in [0.1, 0.15) is 5.82 Å². The van der Waals surface area contributed by atoms with Crippen LogP contribution in [0, 0.1) is 6.92 Å². The monoisotopic (exact) mass is 399 g/mol. The summed E-state index contributed by atoms with van der Waals surface area (Å²) in [5.74, 6) is 0.871. The molecule has 29 heavy (non-hydrogen) atoms. The fraction of sp³-hybridized carbons (Fsp3) is 0.238. The van der Waals surface area contributed by atoms with E-state index in [0.717, 1.165) is 36.0 Å². The highest BCUT2D eigenvalue weighted by Gasteiger charge is 2.32. The fourth-order valence-electron chi connectivity index (χ4n) is 3.32. The van der Waals surface area contributed by atoms with E-state index in [1.54, 1.807) is 12.3 Å². The molecule has 2 aromatic carbocycles. The van der Waals surface area contributed by atoms with Crippen molar-refractivity contribution < 1.29 is 13.2 Å². The van der Waals surface area contributed by atoms with Crippen LogP contribution in [0.2, 0.25) is 0 Å². The van der Waals surface area contributed by atoms with Crippen molar-refractivity contribution in [2.45, 2.75) is 26.1 Å². The molecule has 1 aromatic heterocycles. The smallest absolute Gasteiger partial charge is 0.384 e. The van der Waals surface area contributed by atoms with Crippen molar-refractivity contribution in [3.05, 3.63) is 70.9 Å². The molecule has 0 saturated carbocycles. The van der Waals surface area contributed by atoms with Gasteiger partial charge in [0.05, 0.1) is 5.56 Å². The van der Waals surface area contributed by atoms with E-state index in [1.165, 1.54) is 17.7 Å². The Morgan fingerprint density at radius 2 is 1.97 bits per heavy atom. The standard InChI is InChI=1S/C21H20F3N5/c1-13-11-27-20(28-16-6-7-18-14(10-16)8-9-25-18)29-19(13)26-12-15-4-2-3-5-17(15)21(22,23)24/h2-7,10-11,25H,8-9,12H2,1H3,(H2,26,27,28,29). The fourth-order valence-corrected chi connectivity index (χ4v) is 3.32. The highest BCUT2D eigenvalue weighted by molar-refractivity contribution is 5.65. The topological polar surface area (TPSA) is 61.9 Å². The molecule has 8 heteroatoms. The van der Waals surface area contributed by atoms with Crippen LogP contribution in [-0.2, 0) is 19.1 Å². The molecule has 0 spiro atoms. The zero-order valence-electron chi connectivity index (χ0n) is 15.8. The van der Waals surface area contributed by atoms with Gasteiger partial charge in [-0.15, -0.1) is 0 Å². The average Bonchev–Trinajstić information content (AvgIpc) is 3.16. The molecule has 0 radical (unpaired) electrons. The quantitative estimate of drug-likeness (QED) is 0.555. The summed E-state index contributed by atoms with van der Waals surface area (Å²) in [6, 6.07) is 11.5. The second kappa shape index (κ2) is 7.62. The van der Waals surface area contributed by atoms with E-state index < -0.39 is 11.7 Å². The summed E-state index contributed by atoms with van der Waals surface area (Å²) in [7, 11) is 0. The van der Waals surface area contributed by atoms with Gasteiger partial charge < -0.3 is 16.0 Å². The maximum Gasteiger partial charge on any atom is 0.416 e. The Labute approximate surface area is 166 Å². The van der Waals surface area contributed by atoms with Crippen LogP contribution < -0.4 is 16.0 Å². The molecule has 5 nitrogen and oxygen atoms in total. The molecule has 0 aliphatic carbocycles. The predicted octanol–water partition coefficient (Wildman–Crippen LogP) is 5.13. The van der Waals surface area contributed by atoms with Crippen LogP contribution in [0.5, 0.6) is 0 Å². The van der Waals surface area contributed by atoms with E-state index in [0.29, 0.717) is 11.8 Å². The van der Waals surface area contributed by atoms with Gasteiger partial charge in [-0.3, -0.25) is 0 Å². The van der Waals surface area contributed by atoms with Gasteiger partial charge in [0.15, 0.2) is 0 Å². The summed E-state index contributed by atoms with van der Waals surface area (Å²) in [6.07, 6.45) is -1.79. The van der Waals surface area contributed by atoms with Gasteiger partial charge in [-0.05, 0) is 48.7 Å². The Hall–Kier alpha value is -3.29. The van der Waals surface area contributed by atoms with E-state index in [-0.39, 0.29) is 12.1 Å². The first-order valence-corrected chi connectivity index (χ1v) is 9.26. The summed E-state index contributed by atoms with van der Waals surface area (Å²) >= 11 is 0. The second-order valence-corrected chi connectivity index (χ2v) is 6.91. The maximum absolute atomic E-state index is 13.2. The molecule has 0 amide bonds. The summed E-state index contributed by atoms with van der Waals surface area (Å²) in [4.78, 5) is 8.72. The first-order chi connectivity index (χ1) is 13.9. The number of anilines is 4. The summed E-state index contributed by atoms with van der Waals surface area (Å²) in [5, 5.41) is 9.48. The zero-order chi connectivity index (χ0) is 20.4. The molecule has 4 rings (SSSR count). The number of benzene rings is 2. The van der Waals surface area contributed by atoms with Crippen LogP contribution in [-0.4, -0.2) is 16.5 Å². The molecule has 3 N–H and O–H groups in total. The van der Waals surface area contributed by atoms with E-state index in [4.69, 9.17) is 0 Å². The maximum atomic E-state index is 13.2. The Morgan fingerprint density at radius 1 is 1.14 bits per heavy atom. The third kappa shape index (κ3) is 4.26. The van der Waals surface area contributed by atoms with Crippen molar-refractivity contribution >= 4 is 23.1 Å². The SMILES string of the molecule is Cc1cnc(Nc2ccc3c(c2)CCN3)nc1NCc1ccccc1C(F)(F)F. The zero-order valence-corrected chi connectivity index (χ0v) is 15.8. The Bertz CT molecular complexity index is 1030. The summed E-state index contributed by atoms with van der Waals surface area (Å²) in [5.41, 5.74) is 3.49. The number of fused-ring (bicyclic) bond motifs is 1. The lowest BCUT2D eigenvalue weighted by Crippen LogP contribution is -2.13. The molecule has 1 aliphatic heterocycles. The molecule has 0 bridgehead atoms. The van der Waals surface area contributed by atoms with Crippen LogP contribution in [0.15, 0.2) is 48.7 Å². The van der Waals surface area contributed by atoms with Crippen molar-refractivity contribution in [2.24, 2.45) is 0 Å². The third-order valence-corrected chi connectivity index (χ3v) is 4.81. The van der Waals surface area contributed by atoms with Crippen molar-refractivity contribution in [2.75, 3.05) is 22.5 Å². The van der Waals surface area contributed by atoms with E-state index in [1.807, 2.05) is 25.1 Å². The highest BCUT2D eigenvalue weighted by Crippen LogP contribution is 2.32. The van der Waals surface area contributed by atoms with Crippen LogP contribution in [0.3, 0.4) is 0 Å². The highest BCUT2D eigenvalue weighted by atomic mass is 19.4. The minimum absolute atomic E-state index is 0.0114. The van der Waals surface area contributed by atoms with Crippen LogP contribution in [0.1, 0.15) is 22.3 Å². The Balaban J connectivity index is 1.51. The third-order valence-electron chi connectivity index (χ3n) is 4.81. The molecular weight excluding hydrogens is 379 g/mol. The Morgan fingerprint density at radius 3 is 2.79 bits per heavy atom. The van der Waals surface area contributed by atoms with Crippen LogP contribution >= 0.6 is 0 Å². The number of nitrogens with one attached hydrogen (secondary N) is 3. The molecule has 2 heterocycles. The van der Waals surface area contributed by atoms with Gasteiger partial charge in [-0.2, -0.15) is 18.2 Å². The molecule has 0 saturated heterocycles. The molecule has 0 unspecified atom stereocenters. The van der Waals surface area contributed by atoms with E-state index >= 15 is 0 Å². The van der Waals surface area contributed by atoms with Gasteiger partial charge in [-0.25, -0.2) is 4.98 Å². The number of aromatic nitrogens is 2. The second-order valence-electron chi connectivity index (χ2n) is 6.91. The van der Waals surface area contributed by atoms with Crippen LogP contribution in [0.4, 0.5) is 36.3 Å². The van der Waals surface area contributed by atoms with E-state index in [2.05, 4.69) is 25.9 Å². The van der Waals surface area contributed by atoms with Gasteiger partial charge in [0.25, 0.3) is 0 Å². The molecule has 0 fully saturated rings. The number of hydrogen-bond donors (Lipinski definition) is 3. The number of alkyl halides is 3. The molecule has 0 atom stereocenters. The van der Waals surface area contributed by atoms with Crippen molar-refractivity contribution in [1.29, 1.82) is 0 Å². The van der Waals surface area contributed by atoms with E-state index in [9.17, 15) is 13.2 Å². The van der Waals surface area contributed by atoms with Gasteiger partial charge in [0, 0.05) is 36.2 Å². The number of nitrogens with zero attached hydrogens (tertiary/aromatic N) is 2. The summed E-state index contributed by atoms with van der Waals surface area (Å²) in [6.45, 7) is 2.74. The first kappa shape index (κ1) is 19.0. The van der Waals surface area contributed by atoms with Crippen LogP contribution in [0.25, 0.3) is 0 Å². The molecular formula is C21H20F3N5. The van der Waals surface area contributed by atoms with Crippen molar-refractivity contribution in [1.82, 2.24) is 9.97 Å². The molecule has 1 aliphatic rings. The average molecular weight is 399 g/mol. The largest absolute Gasteiger partial charge is 0.416 e. The van der Waals surface area contributed by atoms with Crippen molar-refractivity contribution in [3.8, 4) is 0 Å². The lowest BCUT2D eigenvalue weighted by atomic mass is 10.1.